The fourth-order valence-corrected chi connectivity index (χ4v) is 4.07. The van der Waals surface area contributed by atoms with E-state index in [1.165, 1.54) is 37.7 Å². The van der Waals surface area contributed by atoms with Gasteiger partial charge in [0.05, 0.1) is 0 Å². The number of amides is 1. The second kappa shape index (κ2) is 7.63. The van der Waals surface area contributed by atoms with Crippen LogP contribution in [0.15, 0.2) is 30.3 Å². The molecule has 0 saturated heterocycles. The summed E-state index contributed by atoms with van der Waals surface area (Å²) in [4.78, 5) is 11.5. The third kappa shape index (κ3) is 3.87. The van der Waals surface area contributed by atoms with Crippen molar-refractivity contribution >= 4 is 5.91 Å². The molecule has 1 aliphatic carbocycles. The first-order valence-corrected chi connectivity index (χ1v) is 8.49. The molecular weight excluding hydrogens is 258 g/mol. The van der Waals surface area contributed by atoms with Gasteiger partial charge in [-0.25, -0.2) is 0 Å². The fourth-order valence-electron chi connectivity index (χ4n) is 4.07. The topological polar surface area (TPSA) is 29.1 Å². The summed E-state index contributed by atoms with van der Waals surface area (Å²) in [5, 5.41) is 3.13. The van der Waals surface area contributed by atoms with E-state index in [9.17, 15) is 4.79 Å². The predicted octanol–water partition coefficient (Wildman–Crippen LogP) is 4.44. The zero-order valence-corrected chi connectivity index (χ0v) is 13.5. The molecule has 1 saturated carbocycles. The number of hydrogen-bond donors (Lipinski definition) is 1. The molecule has 0 bridgehead atoms. The maximum absolute atomic E-state index is 11.5. The Labute approximate surface area is 129 Å². The van der Waals surface area contributed by atoms with Crippen LogP contribution in [0.25, 0.3) is 0 Å². The summed E-state index contributed by atoms with van der Waals surface area (Å²) in [6.07, 6.45) is 8.95. The van der Waals surface area contributed by atoms with Crippen LogP contribution in [0.2, 0.25) is 0 Å². The van der Waals surface area contributed by atoms with Crippen molar-refractivity contribution in [3.8, 4) is 0 Å². The van der Waals surface area contributed by atoms with Crippen LogP contribution in [-0.2, 0) is 10.2 Å². The highest BCUT2D eigenvalue weighted by atomic mass is 16.1. The largest absolute Gasteiger partial charge is 0.355 e. The molecule has 21 heavy (non-hydrogen) atoms. The fraction of sp³-hybridized carbons (Fsp3) is 0.632. The van der Waals surface area contributed by atoms with Gasteiger partial charge < -0.3 is 5.32 Å². The summed E-state index contributed by atoms with van der Waals surface area (Å²) in [5.41, 5.74) is 1.52. The molecule has 0 unspecified atom stereocenters. The summed E-state index contributed by atoms with van der Waals surface area (Å²) in [6, 6.07) is 10.9. The van der Waals surface area contributed by atoms with E-state index in [1.54, 1.807) is 6.92 Å². The van der Waals surface area contributed by atoms with Crippen molar-refractivity contribution in [3.63, 3.8) is 0 Å². The molecule has 2 nitrogen and oxygen atoms in total. The van der Waals surface area contributed by atoms with Gasteiger partial charge in [-0.1, -0.05) is 62.9 Å². The van der Waals surface area contributed by atoms with Gasteiger partial charge in [-0.3, -0.25) is 4.79 Å². The Balaban J connectivity index is 2.34. The van der Waals surface area contributed by atoms with Crippen LogP contribution >= 0.6 is 0 Å². The third-order valence-electron chi connectivity index (χ3n) is 5.08. The maximum Gasteiger partial charge on any atom is 0.216 e. The summed E-state index contributed by atoms with van der Waals surface area (Å²) in [5.74, 6) is 0.780. The van der Waals surface area contributed by atoms with E-state index in [-0.39, 0.29) is 11.3 Å². The Morgan fingerprint density at radius 3 is 2.43 bits per heavy atom. The average molecular weight is 287 g/mol. The minimum absolute atomic E-state index is 0.0854. The highest BCUT2D eigenvalue weighted by Crippen LogP contribution is 2.44. The van der Waals surface area contributed by atoms with Crippen molar-refractivity contribution < 1.29 is 4.79 Å². The van der Waals surface area contributed by atoms with Crippen molar-refractivity contribution in [2.75, 3.05) is 6.54 Å². The van der Waals surface area contributed by atoms with Crippen molar-refractivity contribution in [1.29, 1.82) is 0 Å². The molecule has 0 aliphatic heterocycles. The molecule has 0 radical (unpaired) electrons. The van der Waals surface area contributed by atoms with Gasteiger partial charge in [0.1, 0.15) is 0 Å². The van der Waals surface area contributed by atoms with Crippen molar-refractivity contribution in [2.45, 2.75) is 64.2 Å². The Bertz CT molecular complexity index is 436. The molecular formula is C19H29NO. The SMILES string of the molecule is CCC[C@](CNC(C)=O)(c1ccccc1)C1CCCCC1. The smallest absolute Gasteiger partial charge is 0.216 e. The monoisotopic (exact) mass is 287 g/mol. The standard InChI is InChI=1S/C19H29NO/c1-3-14-19(15-20-16(2)21,17-10-6-4-7-11-17)18-12-8-5-9-13-18/h4,6-7,10-11,18H,3,5,8-9,12-15H2,1-2H3,(H,20,21)/t19-/m0/s1. The minimum atomic E-state index is 0.0854. The summed E-state index contributed by atoms with van der Waals surface area (Å²) in [7, 11) is 0. The average Bonchev–Trinajstić information content (AvgIpc) is 2.53. The normalized spacial score (nSPS) is 19.0. The van der Waals surface area contributed by atoms with Gasteiger partial charge in [0.2, 0.25) is 5.91 Å². The van der Waals surface area contributed by atoms with Crippen LogP contribution in [0.3, 0.4) is 0 Å². The molecule has 1 aromatic rings. The number of rotatable bonds is 6. The van der Waals surface area contributed by atoms with Crippen molar-refractivity contribution in [2.24, 2.45) is 5.92 Å². The quantitative estimate of drug-likeness (QED) is 0.823. The molecule has 1 N–H and O–H groups in total. The van der Waals surface area contributed by atoms with Crippen LogP contribution < -0.4 is 5.32 Å². The molecule has 0 heterocycles. The van der Waals surface area contributed by atoms with E-state index in [4.69, 9.17) is 0 Å². The summed E-state index contributed by atoms with van der Waals surface area (Å²) in [6.45, 7) is 4.67. The second-order valence-electron chi connectivity index (χ2n) is 6.52. The first-order chi connectivity index (χ1) is 10.2. The van der Waals surface area contributed by atoms with E-state index in [0.29, 0.717) is 5.92 Å². The molecule has 1 atom stereocenters. The molecule has 1 amide bonds. The number of carbonyl (C=O) groups is 1. The lowest BCUT2D eigenvalue weighted by Gasteiger charge is -2.43. The highest BCUT2D eigenvalue weighted by molar-refractivity contribution is 5.73. The number of nitrogens with one attached hydrogen (secondary N) is 1. The summed E-state index contributed by atoms with van der Waals surface area (Å²) < 4.78 is 0. The summed E-state index contributed by atoms with van der Waals surface area (Å²) >= 11 is 0. The molecule has 0 spiro atoms. The zero-order chi connectivity index (χ0) is 15.1. The Morgan fingerprint density at radius 2 is 1.86 bits per heavy atom. The van der Waals surface area contributed by atoms with Gasteiger partial charge in [-0.2, -0.15) is 0 Å². The number of hydrogen-bond acceptors (Lipinski definition) is 1. The van der Waals surface area contributed by atoms with Gasteiger partial charge in [0.25, 0.3) is 0 Å². The second-order valence-corrected chi connectivity index (χ2v) is 6.52. The lowest BCUT2D eigenvalue weighted by molar-refractivity contribution is -0.119. The van der Waals surface area contributed by atoms with E-state index >= 15 is 0 Å². The van der Waals surface area contributed by atoms with Crippen LogP contribution in [0.1, 0.15) is 64.4 Å². The predicted molar refractivity (Wildman–Crippen MR) is 88.3 cm³/mol. The molecule has 116 valence electrons. The lowest BCUT2D eigenvalue weighted by atomic mass is 9.63. The van der Waals surface area contributed by atoms with Crippen LogP contribution in [-0.4, -0.2) is 12.5 Å². The number of carbonyl (C=O) groups excluding carboxylic acids is 1. The Morgan fingerprint density at radius 1 is 1.19 bits per heavy atom. The van der Waals surface area contributed by atoms with Gasteiger partial charge in [0, 0.05) is 18.9 Å². The van der Waals surface area contributed by atoms with Crippen molar-refractivity contribution in [3.05, 3.63) is 35.9 Å². The first-order valence-electron chi connectivity index (χ1n) is 8.49. The van der Waals surface area contributed by atoms with Crippen molar-refractivity contribution in [1.82, 2.24) is 5.32 Å². The molecule has 1 aromatic carbocycles. The van der Waals surface area contributed by atoms with Gasteiger partial charge in [-0.15, -0.1) is 0 Å². The van der Waals surface area contributed by atoms with E-state index in [1.807, 2.05) is 0 Å². The Hall–Kier alpha value is -1.31. The molecule has 1 aliphatic rings. The highest BCUT2D eigenvalue weighted by Gasteiger charge is 2.39. The van der Waals surface area contributed by atoms with Gasteiger partial charge in [0.15, 0.2) is 0 Å². The maximum atomic E-state index is 11.5. The van der Waals surface area contributed by atoms with E-state index in [0.717, 1.165) is 19.4 Å². The molecule has 0 aromatic heterocycles. The minimum Gasteiger partial charge on any atom is -0.355 e. The Kier molecular flexibility index (Phi) is 5.84. The van der Waals surface area contributed by atoms with E-state index < -0.39 is 0 Å². The third-order valence-corrected chi connectivity index (χ3v) is 5.08. The van der Waals surface area contributed by atoms with E-state index in [2.05, 4.69) is 42.6 Å². The zero-order valence-electron chi connectivity index (χ0n) is 13.5. The molecule has 2 heteroatoms. The van der Waals surface area contributed by atoms with Crippen LogP contribution in [0.5, 0.6) is 0 Å². The van der Waals surface area contributed by atoms with Crippen LogP contribution in [0.4, 0.5) is 0 Å². The van der Waals surface area contributed by atoms with Crippen LogP contribution in [0, 0.1) is 5.92 Å². The lowest BCUT2D eigenvalue weighted by Crippen LogP contribution is -2.46. The van der Waals surface area contributed by atoms with Gasteiger partial charge in [-0.05, 0) is 30.7 Å². The first kappa shape index (κ1) is 16.1. The number of benzene rings is 1. The van der Waals surface area contributed by atoms with Gasteiger partial charge >= 0.3 is 0 Å². The molecule has 2 rings (SSSR count). The molecule has 1 fully saturated rings.